The highest BCUT2D eigenvalue weighted by Gasteiger charge is 2.11. The Hall–Kier alpha value is -1.64. The van der Waals surface area contributed by atoms with E-state index in [1.165, 1.54) is 11.8 Å². The van der Waals surface area contributed by atoms with Gasteiger partial charge >= 0.3 is 0 Å². The molecule has 0 aliphatic carbocycles. The van der Waals surface area contributed by atoms with E-state index in [9.17, 15) is 4.79 Å². The number of nitrogens with zero attached hydrogens (tertiary/aromatic N) is 3. The van der Waals surface area contributed by atoms with Crippen LogP contribution in [0.15, 0.2) is 29.4 Å². The van der Waals surface area contributed by atoms with Crippen molar-refractivity contribution in [2.24, 2.45) is 0 Å². The fourth-order valence-corrected chi connectivity index (χ4v) is 2.51. The maximum absolute atomic E-state index is 12.0. The summed E-state index contributed by atoms with van der Waals surface area (Å²) in [4.78, 5) is 12.0. The number of rotatable bonds is 4. The molecule has 6 nitrogen and oxygen atoms in total. The van der Waals surface area contributed by atoms with Gasteiger partial charge in [-0.15, -0.1) is 10.2 Å². The lowest BCUT2D eigenvalue weighted by Crippen LogP contribution is -2.39. The number of carbonyl (C=O) groups excluding carboxylic acids is 1. The van der Waals surface area contributed by atoms with Crippen LogP contribution < -0.4 is 10.7 Å². The summed E-state index contributed by atoms with van der Waals surface area (Å²) in [5.41, 5.74) is 3.74. The van der Waals surface area contributed by atoms with E-state index in [2.05, 4.69) is 20.9 Å². The fraction of sp³-hybridized carbons (Fsp3) is 0.231. The summed E-state index contributed by atoms with van der Waals surface area (Å²) in [6.07, 6.45) is 2.10. The Labute approximate surface area is 142 Å². The highest BCUT2D eigenvalue weighted by atomic mass is 35.5. The van der Waals surface area contributed by atoms with Gasteiger partial charge < -0.3 is 5.32 Å². The first kappa shape index (κ1) is 16.7. The van der Waals surface area contributed by atoms with Crippen LogP contribution in [0.4, 0.5) is 0 Å². The van der Waals surface area contributed by atoms with E-state index in [0.717, 1.165) is 5.56 Å². The quantitative estimate of drug-likeness (QED) is 0.646. The maximum Gasteiger partial charge on any atom is 0.230 e. The highest BCUT2D eigenvalue weighted by molar-refractivity contribution is 7.98. The molecule has 0 saturated carbocycles. The fourth-order valence-electron chi connectivity index (χ4n) is 1.69. The molecule has 0 atom stereocenters. The van der Waals surface area contributed by atoms with E-state index in [-0.39, 0.29) is 17.4 Å². The molecule has 0 unspecified atom stereocenters. The molecule has 22 heavy (non-hydrogen) atoms. The van der Waals surface area contributed by atoms with Gasteiger partial charge in [-0.2, -0.15) is 0 Å². The number of aromatic nitrogens is 3. The summed E-state index contributed by atoms with van der Waals surface area (Å²) in [5, 5.41) is 12.0. The predicted molar refractivity (Wildman–Crippen MR) is 91.8 cm³/mol. The van der Waals surface area contributed by atoms with Crippen molar-refractivity contribution < 1.29 is 4.79 Å². The number of thiocarbonyl (C=S) groups is 1. The molecule has 2 N–H and O–H groups in total. The molecule has 1 aromatic heterocycles. The standard InChI is InChI=1S/C13H14ClN5OS2/c1-8-16-17-13(22-2)19(8)18-12(21)15-11(20)7-9-3-5-10(14)6-4-9/h3-6H,7H2,1-2H3,(H2,15,18,20,21). The molecule has 2 aromatic rings. The summed E-state index contributed by atoms with van der Waals surface area (Å²) in [6, 6.07) is 7.08. The molecule has 0 fully saturated rings. The highest BCUT2D eigenvalue weighted by Crippen LogP contribution is 2.11. The van der Waals surface area contributed by atoms with E-state index < -0.39 is 0 Å². The topological polar surface area (TPSA) is 71.8 Å². The van der Waals surface area contributed by atoms with Crippen molar-refractivity contribution in [1.82, 2.24) is 20.2 Å². The van der Waals surface area contributed by atoms with E-state index in [0.29, 0.717) is 16.0 Å². The lowest BCUT2D eigenvalue weighted by atomic mass is 10.1. The number of benzene rings is 1. The van der Waals surface area contributed by atoms with Crippen LogP contribution in [0.3, 0.4) is 0 Å². The number of nitrogens with one attached hydrogen (secondary N) is 2. The van der Waals surface area contributed by atoms with Crippen molar-refractivity contribution in [3.05, 3.63) is 40.7 Å². The first-order valence-corrected chi connectivity index (χ1v) is 8.32. The molecule has 2 rings (SSSR count). The largest absolute Gasteiger partial charge is 0.302 e. The molecular formula is C13H14ClN5OS2. The number of aryl methyl sites for hydroxylation is 1. The second kappa shape index (κ2) is 7.57. The van der Waals surface area contributed by atoms with Crippen LogP contribution in [0.5, 0.6) is 0 Å². The Bertz CT molecular complexity index is 686. The van der Waals surface area contributed by atoms with Gasteiger partial charge in [-0.3, -0.25) is 10.2 Å². The third kappa shape index (κ3) is 4.43. The average molecular weight is 356 g/mol. The minimum Gasteiger partial charge on any atom is -0.302 e. The molecule has 1 amide bonds. The van der Waals surface area contributed by atoms with E-state index in [4.69, 9.17) is 23.8 Å². The SMILES string of the molecule is CSc1nnc(C)n1NC(=S)NC(=O)Cc1ccc(Cl)cc1. The van der Waals surface area contributed by atoms with Gasteiger partial charge in [-0.1, -0.05) is 35.5 Å². The minimum absolute atomic E-state index is 0.192. The van der Waals surface area contributed by atoms with Crippen LogP contribution in [0.1, 0.15) is 11.4 Å². The number of hydrogen-bond donors (Lipinski definition) is 2. The smallest absolute Gasteiger partial charge is 0.230 e. The van der Waals surface area contributed by atoms with Gasteiger partial charge in [0.1, 0.15) is 5.82 Å². The molecule has 116 valence electrons. The average Bonchev–Trinajstić information content (AvgIpc) is 2.82. The van der Waals surface area contributed by atoms with Crippen LogP contribution in [0, 0.1) is 6.92 Å². The van der Waals surface area contributed by atoms with Gasteiger partial charge in [0.05, 0.1) is 6.42 Å². The first-order valence-electron chi connectivity index (χ1n) is 6.31. The Morgan fingerprint density at radius 3 is 2.68 bits per heavy atom. The van der Waals surface area contributed by atoms with E-state index in [1.54, 1.807) is 35.9 Å². The van der Waals surface area contributed by atoms with E-state index >= 15 is 0 Å². The molecule has 0 aliphatic heterocycles. The zero-order chi connectivity index (χ0) is 16.1. The summed E-state index contributed by atoms with van der Waals surface area (Å²) in [7, 11) is 0. The predicted octanol–water partition coefficient (Wildman–Crippen LogP) is 2.15. The first-order chi connectivity index (χ1) is 10.5. The molecule has 0 radical (unpaired) electrons. The summed E-state index contributed by atoms with van der Waals surface area (Å²) >= 11 is 12.4. The van der Waals surface area contributed by atoms with Gasteiger partial charge in [0.15, 0.2) is 5.11 Å². The van der Waals surface area contributed by atoms with Crippen LogP contribution in [-0.4, -0.2) is 32.1 Å². The number of amides is 1. The van der Waals surface area contributed by atoms with Crippen molar-refractivity contribution in [2.45, 2.75) is 18.5 Å². The van der Waals surface area contributed by atoms with Gasteiger partial charge in [-0.05, 0) is 43.1 Å². The van der Waals surface area contributed by atoms with E-state index in [1.807, 2.05) is 6.26 Å². The van der Waals surface area contributed by atoms with Gasteiger partial charge in [0.2, 0.25) is 11.1 Å². The van der Waals surface area contributed by atoms with Crippen molar-refractivity contribution in [3.63, 3.8) is 0 Å². The molecule has 0 spiro atoms. The summed E-state index contributed by atoms with van der Waals surface area (Å²) in [6.45, 7) is 1.79. The second-order valence-electron chi connectivity index (χ2n) is 4.36. The zero-order valence-corrected chi connectivity index (χ0v) is 14.3. The zero-order valence-electron chi connectivity index (χ0n) is 12.0. The lowest BCUT2D eigenvalue weighted by molar-refractivity contribution is -0.119. The van der Waals surface area contributed by atoms with Crippen LogP contribution >= 0.6 is 35.6 Å². The molecule has 0 saturated heterocycles. The maximum atomic E-state index is 12.0. The molecule has 0 bridgehead atoms. The lowest BCUT2D eigenvalue weighted by Gasteiger charge is -2.12. The Morgan fingerprint density at radius 2 is 2.05 bits per heavy atom. The Kier molecular flexibility index (Phi) is 5.76. The van der Waals surface area contributed by atoms with Crippen molar-refractivity contribution >= 4 is 46.6 Å². The molecular weight excluding hydrogens is 342 g/mol. The molecule has 9 heteroatoms. The normalized spacial score (nSPS) is 10.3. The summed E-state index contributed by atoms with van der Waals surface area (Å²) in [5.74, 6) is 0.440. The second-order valence-corrected chi connectivity index (χ2v) is 5.98. The van der Waals surface area contributed by atoms with Crippen LogP contribution in [0.25, 0.3) is 0 Å². The van der Waals surface area contributed by atoms with Gasteiger partial charge in [0, 0.05) is 5.02 Å². The van der Waals surface area contributed by atoms with Crippen molar-refractivity contribution in [1.29, 1.82) is 0 Å². The minimum atomic E-state index is -0.212. The monoisotopic (exact) mass is 355 g/mol. The number of halogens is 1. The number of thioether (sulfide) groups is 1. The van der Waals surface area contributed by atoms with Gasteiger partial charge in [0.25, 0.3) is 0 Å². The van der Waals surface area contributed by atoms with Crippen molar-refractivity contribution in [3.8, 4) is 0 Å². The molecule has 1 heterocycles. The molecule has 1 aromatic carbocycles. The number of hydrogen-bond acceptors (Lipinski definition) is 5. The third-order valence-corrected chi connectivity index (χ3v) is 3.80. The van der Waals surface area contributed by atoms with Gasteiger partial charge in [-0.25, -0.2) is 4.68 Å². The van der Waals surface area contributed by atoms with Crippen molar-refractivity contribution in [2.75, 3.05) is 11.7 Å². The van der Waals surface area contributed by atoms with Crippen LogP contribution in [-0.2, 0) is 11.2 Å². The van der Waals surface area contributed by atoms with Crippen LogP contribution in [0.2, 0.25) is 5.02 Å². The third-order valence-electron chi connectivity index (χ3n) is 2.72. The Morgan fingerprint density at radius 1 is 1.36 bits per heavy atom. The Balaban J connectivity index is 1.92. The summed E-state index contributed by atoms with van der Waals surface area (Å²) < 4.78 is 1.62. The number of carbonyl (C=O) groups is 1. The molecule has 0 aliphatic rings.